The van der Waals surface area contributed by atoms with E-state index in [1.165, 1.54) is 11.3 Å². The summed E-state index contributed by atoms with van der Waals surface area (Å²) < 4.78 is 26.1. The van der Waals surface area contributed by atoms with E-state index in [1.54, 1.807) is 0 Å². The molecule has 0 saturated heterocycles. The first kappa shape index (κ1) is 14.6. The molecule has 0 unspecified atom stereocenters. The number of benzene rings is 1. The Hall–Kier alpha value is -2.28. The lowest BCUT2D eigenvalue weighted by Crippen LogP contribution is -2.14. The lowest BCUT2D eigenvalue weighted by Gasteiger charge is -2.06. The van der Waals surface area contributed by atoms with Gasteiger partial charge in [-0.05, 0) is 43.0 Å². The fourth-order valence-electron chi connectivity index (χ4n) is 2.53. The standard InChI is InChI=1S/C15H11F2NO3S/c16-9-5-4-7(6-10(9)17)13(19)18-14-12(15(20)21)8-2-1-3-11(8)22-14/h4-6H,1-3H2,(H,18,19)(H,20,21). The van der Waals surface area contributed by atoms with E-state index in [2.05, 4.69) is 5.32 Å². The van der Waals surface area contributed by atoms with Crippen LogP contribution in [-0.2, 0) is 12.8 Å². The molecule has 0 spiro atoms. The van der Waals surface area contributed by atoms with Gasteiger partial charge < -0.3 is 10.4 Å². The molecule has 2 aromatic rings. The fourth-order valence-corrected chi connectivity index (χ4v) is 3.81. The molecule has 1 aromatic carbocycles. The van der Waals surface area contributed by atoms with Crippen LogP contribution in [-0.4, -0.2) is 17.0 Å². The van der Waals surface area contributed by atoms with E-state index in [0.717, 1.165) is 41.5 Å². The number of amides is 1. The number of fused-ring (bicyclic) bond motifs is 1. The third-order valence-corrected chi connectivity index (χ3v) is 4.75. The second kappa shape index (κ2) is 5.49. The summed E-state index contributed by atoms with van der Waals surface area (Å²) in [4.78, 5) is 24.5. The summed E-state index contributed by atoms with van der Waals surface area (Å²) >= 11 is 1.23. The van der Waals surface area contributed by atoms with Crippen LogP contribution in [0.1, 0.15) is 37.6 Å². The molecule has 1 aliphatic rings. The molecule has 1 aromatic heterocycles. The molecule has 0 fully saturated rings. The number of hydrogen-bond acceptors (Lipinski definition) is 3. The second-order valence-electron chi connectivity index (χ2n) is 4.95. The number of carbonyl (C=O) groups excluding carboxylic acids is 1. The van der Waals surface area contributed by atoms with E-state index in [1.807, 2.05) is 0 Å². The zero-order valence-electron chi connectivity index (χ0n) is 11.3. The number of thiophene rings is 1. The van der Waals surface area contributed by atoms with Gasteiger partial charge in [-0.15, -0.1) is 11.3 Å². The SMILES string of the molecule is O=C(Nc1sc2c(c1C(=O)O)CCC2)c1ccc(F)c(F)c1. The summed E-state index contributed by atoms with van der Waals surface area (Å²) in [6.45, 7) is 0. The molecule has 7 heteroatoms. The van der Waals surface area contributed by atoms with Crippen LogP contribution in [0, 0.1) is 11.6 Å². The number of aryl methyl sites for hydroxylation is 1. The van der Waals surface area contributed by atoms with Crippen LogP contribution < -0.4 is 5.32 Å². The van der Waals surface area contributed by atoms with Crippen molar-refractivity contribution in [1.29, 1.82) is 0 Å². The predicted molar refractivity (Wildman–Crippen MR) is 77.6 cm³/mol. The van der Waals surface area contributed by atoms with Gasteiger partial charge in [0.15, 0.2) is 11.6 Å². The van der Waals surface area contributed by atoms with Gasteiger partial charge in [-0.25, -0.2) is 13.6 Å². The smallest absolute Gasteiger partial charge is 0.339 e. The number of carbonyl (C=O) groups is 2. The van der Waals surface area contributed by atoms with Gasteiger partial charge in [0.2, 0.25) is 0 Å². The van der Waals surface area contributed by atoms with Crippen LogP contribution in [0.2, 0.25) is 0 Å². The predicted octanol–water partition coefficient (Wildman–Crippen LogP) is 3.47. The topological polar surface area (TPSA) is 66.4 Å². The Bertz CT molecular complexity index is 785. The normalized spacial score (nSPS) is 13.0. The van der Waals surface area contributed by atoms with Crippen molar-refractivity contribution in [1.82, 2.24) is 0 Å². The van der Waals surface area contributed by atoms with E-state index < -0.39 is 23.5 Å². The molecule has 114 valence electrons. The summed E-state index contributed by atoms with van der Waals surface area (Å²) in [5, 5.41) is 12.1. The van der Waals surface area contributed by atoms with Crippen LogP contribution in [0.25, 0.3) is 0 Å². The molecule has 3 rings (SSSR count). The summed E-state index contributed by atoms with van der Waals surface area (Å²) in [6, 6.07) is 2.79. The summed E-state index contributed by atoms with van der Waals surface area (Å²) in [5.74, 6) is -3.93. The zero-order valence-corrected chi connectivity index (χ0v) is 12.1. The van der Waals surface area contributed by atoms with Crippen LogP contribution in [0.4, 0.5) is 13.8 Å². The maximum absolute atomic E-state index is 13.2. The summed E-state index contributed by atoms with van der Waals surface area (Å²) in [7, 11) is 0. The first-order chi connectivity index (χ1) is 10.5. The maximum atomic E-state index is 13.2. The van der Waals surface area contributed by atoms with Gasteiger partial charge >= 0.3 is 5.97 Å². The van der Waals surface area contributed by atoms with Crippen molar-refractivity contribution in [3.63, 3.8) is 0 Å². The minimum Gasteiger partial charge on any atom is -0.478 e. The molecule has 0 radical (unpaired) electrons. The van der Waals surface area contributed by atoms with Gasteiger partial charge in [-0.1, -0.05) is 0 Å². The molecule has 0 bridgehead atoms. The van der Waals surface area contributed by atoms with Crippen molar-refractivity contribution in [2.75, 3.05) is 5.32 Å². The van der Waals surface area contributed by atoms with Gasteiger partial charge in [0.25, 0.3) is 5.91 Å². The molecule has 22 heavy (non-hydrogen) atoms. The fraction of sp³-hybridized carbons (Fsp3) is 0.200. The van der Waals surface area contributed by atoms with E-state index in [-0.39, 0.29) is 16.1 Å². The van der Waals surface area contributed by atoms with E-state index >= 15 is 0 Å². The number of carboxylic acid groups (broad SMARTS) is 1. The Balaban J connectivity index is 1.91. The number of carboxylic acids is 1. The molecule has 2 N–H and O–H groups in total. The molecular weight excluding hydrogens is 312 g/mol. The molecular formula is C15H11F2NO3S. The highest BCUT2D eigenvalue weighted by Crippen LogP contribution is 2.39. The number of nitrogens with one attached hydrogen (secondary N) is 1. The highest BCUT2D eigenvalue weighted by molar-refractivity contribution is 7.17. The third-order valence-electron chi connectivity index (χ3n) is 3.54. The molecule has 1 heterocycles. The van der Waals surface area contributed by atoms with Gasteiger partial charge in [0.05, 0.1) is 5.56 Å². The van der Waals surface area contributed by atoms with Crippen LogP contribution in [0.5, 0.6) is 0 Å². The number of anilines is 1. The molecule has 0 aliphatic heterocycles. The quantitative estimate of drug-likeness (QED) is 0.909. The van der Waals surface area contributed by atoms with Crippen LogP contribution in [0.3, 0.4) is 0 Å². The van der Waals surface area contributed by atoms with Crippen molar-refractivity contribution in [2.24, 2.45) is 0 Å². The van der Waals surface area contributed by atoms with Crippen molar-refractivity contribution >= 4 is 28.2 Å². The Morgan fingerprint density at radius 1 is 1.18 bits per heavy atom. The van der Waals surface area contributed by atoms with E-state index in [4.69, 9.17) is 0 Å². The van der Waals surface area contributed by atoms with Crippen LogP contribution in [0.15, 0.2) is 18.2 Å². The average Bonchev–Trinajstić information content (AvgIpc) is 3.01. The highest BCUT2D eigenvalue weighted by atomic mass is 32.1. The van der Waals surface area contributed by atoms with Crippen molar-refractivity contribution < 1.29 is 23.5 Å². The first-order valence-corrected chi connectivity index (χ1v) is 7.43. The maximum Gasteiger partial charge on any atom is 0.339 e. The second-order valence-corrected chi connectivity index (χ2v) is 6.05. The zero-order chi connectivity index (χ0) is 15.9. The molecule has 4 nitrogen and oxygen atoms in total. The number of aromatic carboxylic acids is 1. The van der Waals surface area contributed by atoms with Crippen molar-refractivity contribution in [3.05, 3.63) is 51.4 Å². The number of halogens is 2. The molecule has 1 amide bonds. The van der Waals surface area contributed by atoms with Gasteiger partial charge in [0.1, 0.15) is 5.00 Å². The minimum absolute atomic E-state index is 0.0659. The third kappa shape index (κ3) is 2.48. The average molecular weight is 323 g/mol. The number of rotatable bonds is 3. The Labute approximate surface area is 128 Å². The van der Waals surface area contributed by atoms with Gasteiger partial charge in [-0.3, -0.25) is 4.79 Å². The summed E-state index contributed by atoms with van der Waals surface area (Å²) in [5.41, 5.74) is 0.801. The highest BCUT2D eigenvalue weighted by Gasteiger charge is 2.27. The van der Waals surface area contributed by atoms with Gasteiger partial charge in [-0.2, -0.15) is 0 Å². The number of hydrogen-bond donors (Lipinski definition) is 2. The Morgan fingerprint density at radius 3 is 2.64 bits per heavy atom. The first-order valence-electron chi connectivity index (χ1n) is 6.61. The van der Waals surface area contributed by atoms with E-state index in [9.17, 15) is 23.5 Å². The minimum atomic E-state index is -1.13. The molecule has 1 aliphatic carbocycles. The van der Waals surface area contributed by atoms with Crippen molar-refractivity contribution in [2.45, 2.75) is 19.3 Å². The molecule has 0 saturated carbocycles. The van der Waals surface area contributed by atoms with Gasteiger partial charge in [0, 0.05) is 10.4 Å². The van der Waals surface area contributed by atoms with Crippen molar-refractivity contribution in [3.8, 4) is 0 Å². The lowest BCUT2D eigenvalue weighted by atomic mass is 10.1. The lowest BCUT2D eigenvalue weighted by molar-refractivity contribution is 0.0697. The summed E-state index contributed by atoms with van der Waals surface area (Å²) in [6.07, 6.45) is 2.37. The van der Waals surface area contributed by atoms with E-state index in [0.29, 0.717) is 6.42 Å². The van der Waals surface area contributed by atoms with Crippen LogP contribution >= 0.6 is 11.3 Å². The Kier molecular flexibility index (Phi) is 3.66. The molecule has 0 atom stereocenters. The Morgan fingerprint density at radius 2 is 1.95 bits per heavy atom. The monoisotopic (exact) mass is 323 g/mol. The largest absolute Gasteiger partial charge is 0.478 e.